The van der Waals surface area contributed by atoms with Crippen LogP contribution in [0.25, 0.3) is 11.1 Å². The molecule has 2 heterocycles. The number of aliphatic imine (C=N–C) groups is 1. The predicted octanol–water partition coefficient (Wildman–Crippen LogP) is 2.97. The van der Waals surface area contributed by atoms with Crippen LogP contribution in [0, 0.1) is 13.8 Å². The normalized spacial score (nSPS) is 17.3. The van der Waals surface area contributed by atoms with Crippen LogP contribution in [-0.4, -0.2) is 58.8 Å². The van der Waals surface area contributed by atoms with Crippen molar-refractivity contribution in [2.24, 2.45) is 4.99 Å². The van der Waals surface area contributed by atoms with Gasteiger partial charge in [0.2, 0.25) is 0 Å². The summed E-state index contributed by atoms with van der Waals surface area (Å²) in [4.78, 5) is 29.7. The first-order chi connectivity index (χ1) is 19.7. The molecule has 1 unspecified atom stereocenters. The lowest BCUT2D eigenvalue weighted by Gasteiger charge is -2.33. The second kappa shape index (κ2) is 10.3. The molecule has 0 spiro atoms. The number of carboxylic acid groups (broad SMARTS) is 2. The van der Waals surface area contributed by atoms with Gasteiger partial charge >= 0.3 is 11.9 Å². The summed E-state index contributed by atoms with van der Waals surface area (Å²) in [6.07, 6.45) is -0.337. The summed E-state index contributed by atoms with van der Waals surface area (Å²) in [7, 11) is -10.3. The number of aliphatic carboxylic acids is 1. The molecule has 1 aliphatic heterocycles. The number of nitrogens with one attached hydrogen (secondary N) is 1. The Morgan fingerprint density at radius 1 is 0.884 bits per heavy atom. The third-order valence-corrected chi connectivity index (χ3v) is 9.62. The molecule has 0 fully saturated rings. The van der Waals surface area contributed by atoms with E-state index in [0.717, 1.165) is 18.2 Å². The molecule has 14 nitrogen and oxygen atoms in total. The van der Waals surface area contributed by atoms with Crippen molar-refractivity contribution in [3.63, 3.8) is 0 Å². The number of nitrogens with two attached hydrogens (primary N) is 2. The highest BCUT2D eigenvalue weighted by atomic mass is 32.2. The van der Waals surface area contributed by atoms with Gasteiger partial charge in [-0.25, -0.2) is 9.59 Å². The van der Waals surface area contributed by atoms with Crippen LogP contribution in [0.5, 0.6) is 0 Å². The summed E-state index contributed by atoms with van der Waals surface area (Å²) in [5.41, 5.74) is 9.53. The van der Waals surface area contributed by atoms with Crippen molar-refractivity contribution in [3.8, 4) is 11.1 Å². The topological polar surface area (TPSA) is 264 Å². The van der Waals surface area contributed by atoms with Crippen LogP contribution >= 0.6 is 0 Å². The lowest BCUT2D eigenvalue weighted by atomic mass is 9.77. The molecule has 1 aliphatic rings. The molecular formula is C27H28N4O10S2. The first-order valence-corrected chi connectivity index (χ1v) is 15.3. The summed E-state index contributed by atoms with van der Waals surface area (Å²) in [5, 5.41) is 19.6. The molecule has 0 saturated heterocycles. The number of carboxylic acids is 2. The largest absolute Gasteiger partial charge is 0.477 e. The number of nitrogen functional groups attached to an aromatic ring is 2. The van der Waals surface area contributed by atoms with E-state index >= 15 is 0 Å². The number of hydrogen-bond acceptors (Lipinski definition) is 9. The van der Waals surface area contributed by atoms with Crippen molar-refractivity contribution < 1.29 is 45.7 Å². The van der Waals surface area contributed by atoms with Crippen LogP contribution in [0.15, 0.2) is 56.3 Å². The minimum absolute atomic E-state index is 0.0790. The molecule has 0 aliphatic carbocycles. The van der Waals surface area contributed by atoms with E-state index in [4.69, 9.17) is 11.5 Å². The fourth-order valence-corrected chi connectivity index (χ4v) is 7.18. The Balaban J connectivity index is 2.23. The maximum Gasteiger partial charge on any atom is 0.354 e. The third-order valence-electron chi connectivity index (χ3n) is 7.79. The molecule has 0 saturated carbocycles. The zero-order chi connectivity index (χ0) is 32.4. The number of nitrogens with zero attached hydrogens (tertiary/aromatic N) is 1. The Morgan fingerprint density at radius 3 is 1.98 bits per heavy atom. The van der Waals surface area contributed by atoms with E-state index in [1.807, 2.05) is 0 Å². The SMILES string of the molecule is CC1=C(C)C(Cc2[nH]c(C(=O)O)c(C)c2C)(c2c(N)ccc(-c3ccc(N)cc3S(=O)(=O)O)c2S(=O)(=O)O)N=C1C(=O)O. The summed E-state index contributed by atoms with van der Waals surface area (Å²) >= 11 is 0. The van der Waals surface area contributed by atoms with Crippen molar-refractivity contribution in [2.45, 2.75) is 49.4 Å². The van der Waals surface area contributed by atoms with Gasteiger partial charge in [0.05, 0.1) is 0 Å². The molecule has 3 aromatic rings. The predicted molar refractivity (Wildman–Crippen MR) is 156 cm³/mol. The van der Waals surface area contributed by atoms with Crippen LogP contribution in [0.4, 0.5) is 11.4 Å². The molecule has 16 heteroatoms. The maximum atomic E-state index is 13.2. The van der Waals surface area contributed by atoms with Gasteiger partial charge in [0.1, 0.15) is 26.7 Å². The van der Waals surface area contributed by atoms with Gasteiger partial charge in [-0.2, -0.15) is 16.8 Å². The van der Waals surface area contributed by atoms with Gasteiger partial charge in [-0.1, -0.05) is 12.1 Å². The van der Waals surface area contributed by atoms with E-state index in [0.29, 0.717) is 11.1 Å². The number of aromatic amines is 1. The van der Waals surface area contributed by atoms with Gasteiger partial charge in [-0.05, 0) is 68.2 Å². The maximum absolute atomic E-state index is 13.2. The number of H-pyrrole nitrogens is 1. The average molecular weight is 633 g/mol. The van der Waals surface area contributed by atoms with Crippen molar-refractivity contribution in [3.05, 3.63) is 69.6 Å². The lowest BCUT2D eigenvalue weighted by molar-refractivity contribution is -0.129. The zero-order valence-electron chi connectivity index (χ0n) is 23.3. The lowest BCUT2D eigenvalue weighted by Crippen LogP contribution is -2.31. The molecular weight excluding hydrogens is 604 g/mol. The van der Waals surface area contributed by atoms with E-state index < -0.39 is 58.8 Å². The van der Waals surface area contributed by atoms with Gasteiger partial charge in [-0.15, -0.1) is 0 Å². The van der Waals surface area contributed by atoms with Gasteiger partial charge < -0.3 is 26.7 Å². The number of anilines is 2. The molecule has 1 atom stereocenters. The highest BCUT2D eigenvalue weighted by molar-refractivity contribution is 7.86. The Kier molecular flexibility index (Phi) is 7.56. The van der Waals surface area contributed by atoms with Gasteiger partial charge in [0.15, 0.2) is 0 Å². The Bertz CT molecular complexity index is 2030. The van der Waals surface area contributed by atoms with Crippen molar-refractivity contribution >= 4 is 49.3 Å². The molecule has 1 aromatic heterocycles. The summed E-state index contributed by atoms with van der Waals surface area (Å²) in [6, 6.07) is 5.60. The second-order valence-corrected chi connectivity index (χ2v) is 12.9. The molecule has 228 valence electrons. The van der Waals surface area contributed by atoms with Crippen LogP contribution < -0.4 is 11.5 Å². The summed E-state index contributed by atoms with van der Waals surface area (Å²) in [6.45, 7) is 6.10. The van der Waals surface area contributed by atoms with Crippen LogP contribution in [-0.2, 0) is 37.0 Å². The van der Waals surface area contributed by atoms with Crippen LogP contribution in [0.1, 0.15) is 46.7 Å². The molecule has 0 bridgehead atoms. The van der Waals surface area contributed by atoms with Gasteiger partial charge in [0, 0.05) is 40.2 Å². The molecule has 0 radical (unpaired) electrons. The zero-order valence-corrected chi connectivity index (χ0v) is 24.9. The highest BCUT2D eigenvalue weighted by Gasteiger charge is 2.48. The van der Waals surface area contributed by atoms with Crippen LogP contribution in [0.3, 0.4) is 0 Å². The first kappa shape index (κ1) is 31.4. The minimum Gasteiger partial charge on any atom is -0.477 e. The smallest absolute Gasteiger partial charge is 0.354 e. The number of benzene rings is 2. The van der Waals surface area contributed by atoms with E-state index in [2.05, 4.69) is 9.98 Å². The molecule has 43 heavy (non-hydrogen) atoms. The fourth-order valence-electron chi connectivity index (χ4n) is 5.44. The van der Waals surface area contributed by atoms with Crippen molar-refractivity contribution in [1.82, 2.24) is 4.98 Å². The highest BCUT2D eigenvalue weighted by Crippen LogP contribution is 2.51. The standard InChI is InChI=1S/C27H28N4O10S2/c1-11-12(2)22(25(32)33)30-19(11)10-27(14(4)13(3)23(31-27)26(34)35)21-18(29)8-7-17(24(21)43(39,40)41)16-6-5-15(28)9-20(16)42(36,37)38/h5-9,30H,10,28-29H2,1-4H3,(H,32,33)(H,34,35)(H,36,37,38)(H,39,40,41). The first-order valence-electron chi connectivity index (χ1n) is 12.4. The number of hydrogen-bond donors (Lipinski definition) is 7. The number of carbonyl (C=O) groups is 2. The summed E-state index contributed by atoms with van der Waals surface area (Å²) < 4.78 is 71.6. The monoisotopic (exact) mass is 632 g/mol. The Hall–Kier alpha value is -4.51. The quantitative estimate of drug-likeness (QED) is 0.140. The Labute approximate surface area is 246 Å². The number of rotatable bonds is 8. The Morgan fingerprint density at radius 2 is 1.49 bits per heavy atom. The number of aromatic carboxylic acids is 1. The molecule has 4 rings (SSSR count). The molecule has 0 amide bonds. The number of aromatic nitrogens is 1. The van der Waals surface area contributed by atoms with Gasteiger partial charge in [0.25, 0.3) is 20.2 Å². The fraction of sp³-hybridized carbons (Fsp3) is 0.222. The minimum atomic E-state index is -5.31. The summed E-state index contributed by atoms with van der Waals surface area (Å²) in [5.74, 6) is -2.72. The molecule has 2 aromatic carbocycles. The van der Waals surface area contributed by atoms with Crippen molar-refractivity contribution in [1.29, 1.82) is 0 Å². The molecule has 9 N–H and O–H groups in total. The van der Waals surface area contributed by atoms with Crippen molar-refractivity contribution in [2.75, 3.05) is 11.5 Å². The van der Waals surface area contributed by atoms with E-state index in [1.54, 1.807) is 13.8 Å². The van der Waals surface area contributed by atoms with E-state index in [9.17, 15) is 45.7 Å². The third kappa shape index (κ3) is 5.18. The van der Waals surface area contributed by atoms with Gasteiger partial charge in [-0.3, -0.25) is 14.1 Å². The van der Waals surface area contributed by atoms with E-state index in [1.165, 1.54) is 26.0 Å². The average Bonchev–Trinajstić information content (AvgIpc) is 3.31. The van der Waals surface area contributed by atoms with Crippen LogP contribution in [0.2, 0.25) is 0 Å². The van der Waals surface area contributed by atoms with E-state index in [-0.39, 0.29) is 51.5 Å². The second-order valence-electron chi connectivity index (χ2n) is 10.2.